The van der Waals surface area contributed by atoms with Crippen LogP contribution in [0.25, 0.3) is 16.7 Å². The lowest BCUT2D eigenvalue weighted by Gasteiger charge is -2.09. The number of benzene rings is 2. The molecule has 0 radical (unpaired) electrons. The SMILES string of the molecule is Cc1ccc(-n2cnc3cc(C(=O)NCc4nnc(C)o4)ccc32)c(C)c1. The molecule has 0 saturated heterocycles. The molecule has 0 bridgehead atoms. The van der Waals surface area contributed by atoms with E-state index in [4.69, 9.17) is 4.42 Å². The van der Waals surface area contributed by atoms with Crippen LogP contribution in [0.5, 0.6) is 0 Å². The lowest BCUT2D eigenvalue weighted by atomic mass is 10.1. The second-order valence-corrected chi connectivity index (χ2v) is 6.51. The van der Waals surface area contributed by atoms with Gasteiger partial charge in [-0.3, -0.25) is 9.36 Å². The fourth-order valence-corrected chi connectivity index (χ4v) is 3.09. The van der Waals surface area contributed by atoms with E-state index in [1.165, 1.54) is 11.1 Å². The number of imidazole rings is 1. The zero-order chi connectivity index (χ0) is 19.0. The third kappa shape index (κ3) is 3.31. The molecular weight excluding hydrogens is 342 g/mol. The summed E-state index contributed by atoms with van der Waals surface area (Å²) in [6.07, 6.45) is 1.78. The van der Waals surface area contributed by atoms with Crippen molar-refractivity contribution in [2.75, 3.05) is 0 Å². The van der Waals surface area contributed by atoms with Gasteiger partial charge in [-0.2, -0.15) is 0 Å². The Morgan fingerprint density at radius 1 is 1.11 bits per heavy atom. The van der Waals surface area contributed by atoms with Crippen LogP contribution in [-0.4, -0.2) is 25.7 Å². The Hall–Kier alpha value is -3.48. The van der Waals surface area contributed by atoms with Gasteiger partial charge in [0.15, 0.2) is 0 Å². The van der Waals surface area contributed by atoms with Gasteiger partial charge in [-0.15, -0.1) is 10.2 Å². The summed E-state index contributed by atoms with van der Waals surface area (Å²) in [7, 11) is 0. The molecule has 0 aliphatic rings. The third-order valence-electron chi connectivity index (χ3n) is 4.39. The predicted octanol–water partition coefficient (Wildman–Crippen LogP) is 3.26. The average molecular weight is 361 g/mol. The Labute approximate surface area is 156 Å². The maximum atomic E-state index is 12.4. The number of amides is 1. The number of aryl methyl sites for hydroxylation is 3. The molecule has 1 amide bonds. The van der Waals surface area contributed by atoms with E-state index in [1.807, 2.05) is 10.6 Å². The van der Waals surface area contributed by atoms with Gasteiger partial charge in [0.05, 0.1) is 23.3 Å². The van der Waals surface area contributed by atoms with Gasteiger partial charge in [-0.25, -0.2) is 4.98 Å². The topological polar surface area (TPSA) is 85.8 Å². The summed E-state index contributed by atoms with van der Waals surface area (Å²) in [6, 6.07) is 11.8. The van der Waals surface area contributed by atoms with Gasteiger partial charge in [0, 0.05) is 12.5 Å². The molecule has 0 saturated carbocycles. The Kier molecular flexibility index (Phi) is 4.19. The van der Waals surface area contributed by atoms with E-state index in [-0.39, 0.29) is 12.5 Å². The molecule has 1 N–H and O–H groups in total. The lowest BCUT2D eigenvalue weighted by molar-refractivity contribution is 0.0947. The highest BCUT2D eigenvalue weighted by Gasteiger charge is 2.12. The third-order valence-corrected chi connectivity index (χ3v) is 4.39. The van der Waals surface area contributed by atoms with E-state index >= 15 is 0 Å². The van der Waals surface area contributed by atoms with Crippen molar-refractivity contribution in [3.8, 4) is 5.69 Å². The van der Waals surface area contributed by atoms with Gasteiger partial charge in [0.1, 0.15) is 6.33 Å². The van der Waals surface area contributed by atoms with E-state index in [2.05, 4.69) is 52.5 Å². The van der Waals surface area contributed by atoms with Crippen LogP contribution in [0.3, 0.4) is 0 Å². The number of rotatable bonds is 4. The van der Waals surface area contributed by atoms with Crippen LogP contribution in [-0.2, 0) is 6.54 Å². The maximum absolute atomic E-state index is 12.4. The lowest BCUT2D eigenvalue weighted by Crippen LogP contribution is -2.22. The summed E-state index contributed by atoms with van der Waals surface area (Å²) in [4.78, 5) is 16.9. The van der Waals surface area contributed by atoms with Crippen LogP contribution in [0.15, 0.2) is 47.1 Å². The van der Waals surface area contributed by atoms with Gasteiger partial charge in [-0.1, -0.05) is 17.7 Å². The summed E-state index contributed by atoms with van der Waals surface area (Å²) >= 11 is 0. The Bertz CT molecular complexity index is 1140. The maximum Gasteiger partial charge on any atom is 0.251 e. The van der Waals surface area contributed by atoms with E-state index in [9.17, 15) is 4.79 Å². The zero-order valence-electron chi connectivity index (χ0n) is 15.4. The number of nitrogens with one attached hydrogen (secondary N) is 1. The number of hydrogen-bond donors (Lipinski definition) is 1. The minimum Gasteiger partial charge on any atom is -0.424 e. The van der Waals surface area contributed by atoms with Crippen molar-refractivity contribution in [1.82, 2.24) is 25.1 Å². The van der Waals surface area contributed by atoms with Gasteiger partial charge < -0.3 is 9.73 Å². The second kappa shape index (κ2) is 6.68. The van der Waals surface area contributed by atoms with Crippen molar-refractivity contribution in [2.45, 2.75) is 27.3 Å². The molecule has 0 aliphatic carbocycles. The zero-order valence-corrected chi connectivity index (χ0v) is 15.4. The minimum atomic E-state index is -0.214. The molecule has 0 fully saturated rings. The standard InChI is InChI=1S/C20H19N5O2/c1-12-4-6-17(13(2)8-12)25-11-22-16-9-15(5-7-18(16)25)20(26)21-10-19-24-23-14(3)27-19/h4-9,11H,10H2,1-3H3,(H,21,26). The number of carbonyl (C=O) groups is 1. The van der Waals surface area contributed by atoms with Gasteiger partial charge in [0.2, 0.25) is 11.8 Å². The minimum absolute atomic E-state index is 0.189. The normalized spacial score (nSPS) is 11.1. The monoisotopic (exact) mass is 361 g/mol. The quantitative estimate of drug-likeness (QED) is 0.603. The molecule has 0 spiro atoms. The van der Waals surface area contributed by atoms with Gasteiger partial charge in [0.25, 0.3) is 5.91 Å². The van der Waals surface area contributed by atoms with E-state index in [0.29, 0.717) is 17.3 Å². The molecule has 2 heterocycles. The highest BCUT2D eigenvalue weighted by molar-refractivity contribution is 5.97. The van der Waals surface area contributed by atoms with Crippen LogP contribution in [0.4, 0.5) is 0 Å². The summed E-state index contributed by atoms with van der Waals surface area (Å²) in [5.41, 5.74) is 5.71. The first-order valence-corrected chi connectivity index (χ1v) is 8.63. The molecule has 27 heavy (non-hydrogen) atoms. The number of carbonyl (C=O) groups excluding carboxylic acids is 1. The summed E-state index contributed by atoms with van der Waals surface area (Å²) in [5.74, 6) is 0.632. The molecule has 7 nitrogen and oxygen atoms in total. The fourth-order valence-electron chi connectivity index (χ4n) is 3.09. The number of hydrogen-bond acceptors (Lipinski definition) is 5. The first-order valence-electron chi connectivity index (χ1n) is 8.63. The Balaban J connectivity index is 1.59. The molecule has 0 aliphatic heterocycles. The number of fused-ring (bicyclic) bond motifs is 1. The summed E-state index contributed by atoms with van der Waals surface area (Å²) < 4.78 is 7.29. The van der Waals surface area contributed by atoms with Gasteiger partial charge >= 0.3 is 0 Å². The highest BCUT2D eigenvalue weighted by atomic mass is 16.4. The second-order valence-electron chi connectivity index (χ2n) is 6.51. The molecular formula is C20H19N5O2. The molecule has 136 valence electrons. The van der Waals surface area contributed by atoms with Crippen molar-refractivity contribution < 1.29 is 9.21 Å². The van der Waals surface area contributed by atoms with Gasteiger partial charge in [-0.05, 0) is 43.7 Å². The first kappa shape index (κ1) is 17.0. The van der Waals surface area contributed by atoms with E-state index in [0.717, 1.165) is 16.7 Å². The van der Waals surface area contributed by atoms with Crippen LogP contribution < -0.4 is 5.32 Å². The summed E-state index contributed by atoms with van der Waals surface area (Å²) in [6.45, 7) is 6.05. The number of aromatic nitrogens is 4. The van der Waals surface area contributed by atoms with E-state index < -0.39 is 0 Å². The average Bonchev–Trinajstić information content (AvgIpc) is 3.25. The molecule has 0 unspecified atom stereocenters. The van der Waals surface area contributed by atoms with Crippen LogP contribution in [0, 0.1) is 20.8 Å². The largest absolute Gasteiger partial charge is 0.424 e. The van der Waals surface area contributed by atoms with Crippen molar-refractivity contribution in [1.29, 1.82) is 0 Å². The van der Waals surface area contributed by atoms with Crippen LogP contribution in [0.2, 0.25) is 0 Å². The molecule has 4 aromatic rings. The molecule has 2 aromatic carbocycles. The molecule has 2 aromatic heterocycles. The van der Waals surface area contributed by atoms with Crippen LogP contribution in [0.1, 0.15) is 33.3 Å². The fraction of sp³-hybridized carbons (Fsp3) is 0.200. The molecule has 0 atom stereocenters. The van der Waals surface area contributed by atoms with Crippen molar-refractivity contribution >= 4 is 16.9 Å². The van der Waals surface area contributed by atoms with Crippen LogP contribution >= 0.6 is 0 Å². The van der Waals surface area contributed by atoms with E-state index in [1.54, 1.807) is 25.4 Å². The van der Waals surface area contributed by atoms with Crippen molar-refractivity contribution in [3.63, 3.8) is 0 Å². The first-order chi connectivity index (χ1) is 13.0. The smallest absolute Gasteiger partial charge is 0.251 e. The van der Waals surface area contributed by atoms with Crippen molar-refractivity contribution in [3.05, 3.63) is 71.2 Å². The predicted molar refractivity (Wildman–Crippen MR) is 101 cm³/mol. The number of nitrogens with zero attached hydrogens (tertiary/aromatic N) is 4. The highest BCUT2D eigenvalue weighted by Crippen LogP contribution is 2.22. The van der Waals surface area contributed by atoms with Crippen molar-refractivity contribution in [2.24, 2.45) is 0 Å². The Morgan fingerprint density at radius 3 is 2.70 bits per heavy atom. The summed E-state index contributed by atoms with van der Waals surface area (Å²) in [5, 5.41) is 10.4. The molecule has 7 heteroatoms. The Morgan fingerprint density at radius 2 is 1.96 bits per heavy atom. The molecule has 4 rings (SSSR count).